The zero-order valence-electron chi connectivity index (χ0n) is 13.6. The summed E-state index contributed by atoms with van der Waals surface area (Å²) in [5, 5.41) is 10.5. The number of aliphatic hydroxyl groups is 1. The zero-order valence-corrected chi connectivity index (χ0v) is 13.6. The van der Waals surface area contributed by atoms with E-state index in [1.807, 2.05) is 31.2 Å². The molecule has 1 aliphatic carbocycles. The minimum Gasteiger partial charge on any atom is -0.443 e. The number of rotatable bonds is 4. The van der Waals surface area contributed by atoms with E-state index in [0.29, 0.717) is 12.3 Å². The predicted molar refractivity (Wildman–Crippen MR) is 87.1 cm³/mol. The van der Waals surface area contributed by atoms with Crippen molar-refractivity contribution in [1.29, 1.82) is 0 Å². The van der Waals surface area contributed by atoms with E-state index in [1.165, 1.54) is 6.39 Å². The molecule has 1 saturated carbocycles. The van der Waals surface area contributed by atoms with Crippen LogP contribution in [0.1, 0.15) is 41.7 Å². The molecule has 0 atom stereocenters. The van der Waals surface area contributed by atoms with Crippen molar-refractivity contribution >= 4 is 5.91 Å². The van der Waals surface area contributed by atoms with Crippen molar-refractivity contribution in [2.24, 2.45) is 0 Å². The Morgan fingerprint density at radius 3 is 2.61 bits per heavy atom. The Bertz CT molecular complexity index is 685. The molecule has 0 radical (unpaired) electrons. The lowest BCUT2D eigenvalue weighted by atomic mass is 10.0. The number of likely N-dealkylation sites (N-methyl/N-ethyl adjacent to an activating group) is 1. The van der Waals surface area contributed by atoms with Gasteiger partial charge in [-0.1, -0.05) is 42.7 Å². The van der Waals surface area contributed by atoms with Crippen LogP contribution in [0.25, 0.3) is 11.3 Å². The standard InChI is InChI=1S/C18H22N2O3/c1-13-5-7-14(8-6-13)16-15(19-12-23-16)17(21)20(2)11-18(22)9-3-4-10-18/h5-8,12,22H,3-4,9-11H2,1-2H3. The molecule has 1 aromatic heterocycles. The molecule has 1 amide bonds. The number of carbonyl (C=O) groups excluding carboxylic acids is 1. The first kappa shape index (κ1) is 15.7. The highest BCUT2D eigenvalue weighted by Gasteiger charge is 2.34. The smallest absolute Gasteiger partial charge is 0.276 e. The first-order chi connectivity index (χ1) is 11.0. The van der Waals surface area contributed by atoms with Gasteiger partial charge in [0.05, 0.1) is 5.60 Å². The Hall–Kier alpha value is -2.14. The second kappa shape index (κ2) is 6.16. The van der Waals surface area contributed by atoms with E-state index in [2.05, 4.69) is 4.98 Å². The molecule has 5 heteroatoms. The van der Waals surface area contributed by atoms with Crippen LogP contribution in [0, 0.1) is 6.92 Å². The quantitative estimate of drug-likeness (QED) is 0.942. The van der Waals surface area contributed by atoms with Gasteiger partial charge in [-0.25, -0.2) is 4.98 Å². The van der Waals surface area contributed by atoms with Gasteiger partial charge in [0.2, 0.25) is 0 Å². The molecule has 0 bridgehead atoms. The SMILES string of the molecule is Cc1ccc(-c2ocnc2C(=O)N(C)CC2(O)CCCC2)cc1. The lowest BCUT2D eigenvalue weighted by Crippen LogP contribution is -2.42. The van der Waals surface area contributed by atoms with Crippen LogP contribution in [0.2, 0.25) is 0 Å². The lowest BCUT2D eigenvalue weighted by molar-refractivity contribution is 0.0155. The molecule has 23 heavy (non-hydrogen) atoms. The van der Waals surface area contributed by atoms with Crippen LogP contribution < -0.4 is 0 Å². The number of aromatic nitrogens is 1. The van der Waals surface area contributed by atoms with E-state index in [4.69, 9.17) is 4.42 Å². The Kier molecular flexibility index (Phi) is 4.22. The Balaban J connectivity index is 1.80. The van der Waals surface area contributed by atoms with Crippen LogP contribution >= 0.6 is 0 Å². The number of benzene rings is 1. The Labute approximate surface area is 135 Å². The van der Waals surface area contributed by atoms with Gasteiger partial charge in [0.15, 0.2) is 17.8 Å². The summed E-state index contributed by atoms with van der Waals surface area (Å²) in [6.45, 7) is 2.33. The lowest BCUT2D eigenvalue weighted by Gasteiger charge is -2.28. The second-order valence-electron chi connectivity index (χ2n) is 6.49. The van der Waals surface area contributed by atoms with Gasteiger partial charge in [0, 0.05) is 19.2 Å². The summed E-state index contributed by atoms with van der Waals surface area (Å²) in [4.78, 5) is 18.3. The molecular formula is C18H22N2O3. The van der Waals surface area contributed by atoms with Crippen molar-refractivity contribution in [2.45, 2.75) is 38.2 Å². The minimum absolute atomic E-state index is 0.227. The molecule has 0 saturated heterocycles. The van der Waals surface area contributed by atoms with E-state index in [0.717, 1.165) is 36.8 Å². The van der Waals surface area contributed by atoms with Crippen LogP contribution in [0.5, 0.6) is 0 Å². The van der Waals surface area contributed by atoms with E-state index >= 15 is 0 Å². The topological polar surface area (TPSA) is 66.6 Å². The fraction of sp³-hybridized carbons (Fsp3) is 0.444. The van der Waals surface area contributed by atoms with Crippen molar-refractivity contribution in [1.82, 2.24) is 9.88 Å². The van der Waals surface area contributed by atoms with Gasteiger partial charge in [0.1, 0.15) is 0 Å². The summed E-state index contributed by atoms with van der Waals surface area (Å²) in [5.74, 6) is 0.245. The third kappa shape index (κ3) is 3.29. The Morgan fingerprint density at radius 2 is 1.96 bits per heavy atom. The van der Waals surface area contributed by atoms with Gasteiger partial charge >= 0.3 is 0 Å². The van der Waals surface area contributed by atoms with E-state index < -0.39 is 5.60 Å². The Morgan fingerprint density at radius 1 is 1.30 bits per heavy atom. The third-order valence-electron chi connectivity index (χ3n) is 4.50. The molecule has 1 aromatic carbocycles. The molecule has 0 aliphatic heterocycles. The maximum atomic E-state index is 12.7. The van der Waals surface area contributed by atoms with Gasteiger partial charge in [-0.3, -0.25) is 4.79 Å². The van der Waals surface area contributed by atoms with Crippen LogP contribution in [0.3, 0.4) is 0 Å². The van der Waals surface area contributed by atoms with Crippen LogP contribution in [0.15, 0.2) is 35.1 Å². The molecule has 1 N–H and O–H groups in total. The van der Waals surface area contributed by atoms with Crippen molar-refractivity contribution in [3.8, 4) is 11.3 Å². The van der Waals surface area contributed by atoms with Gasteiger partial charge in [-0.05, 0) is 19.8 Å². The molecule has 3 rings (SSSR count). The summed E-state index contributed by atoms with van der Waals surface area (Å²) < 4.78 is 5.44. The second-order valence-corrected chi connectivity index (χ2v) is 6.49. The van der Waals surface area contributed by atoms with Crippen molar-refractivity contribution in [3.63, 3.8) is 0 Å². The average Bonchev–Trinajstić information content (AvgIpc) is 3.16. The van der Waals surface area contributed by atoms with Crippen molar-refractivity contribution < 1.29 is 14.3 Å². The number of hydrogen-bond donors (Lipinski definition) is 1. The van der Waals surface area contributed by atoms with E-state index in [1.54, 1.807) is 11.9 Å². The maximum absolute atomic E-state index is 12.7. The molecule has 0 unspecified atom stereocenters. The fourth-order valence-electron chi connectivity index (χ4n) is 3.19. The highest BCUT2D eigenvalue weighted by molar-refractivity contribution is 5.97. The van der Waals surface area contributed by atoms with Gasteiger partial charge in [0.25, 0.3) is 5.91 Å². The molecule has 5 nitrogen and oxygen atoms in total. The molecule has 1 heterocycles. The fourth-order valence-corrected chi connectivity index (χ4v) is 3.19. The molecule has 122 valence electrons. The highest BCUT2D eigenvalue weighted by Crippen LogP contribution is 2.31. The molecule has 1 fully saturated rings. The summed E-state index contributed by atoms with van der Waals surface area (Å²) in [6.07, 6.45) is 4.80. The monoisotopic (exact) mass is 314 g/mol. The molecule has 1 aliphatic rings. The van der Waals surface area contributed by atoms with Crippen molar-refractivity contribution in [3.05, 3.63) is 41.9 Å². The number of nitrogens with zero attached hydrogens (tertiary/aromatic N) is 2. The molecule has 2 aromatic rings. The number of carbonyl (C=O) groups is 1. The summed E-state index contributed by atoms with van der Waals surface area (Å²) in [5.41, 5.74) is 1.49. The number of aryl methyl sites for hydroxylation is 1. The van der Waals surface area contributed by atoms with E-state index in [-0.39, 0.29) is 11.6 Å². The van der Waals surface area contributed by atoms with Crippen molar-refractivity contribution in [2.75, 3.05) is 13.6 Å². The van der Waals surface area contributed by atoms with Crippen LogP contribution in [0.4, 0.5) is 0 Å². The van der Waals surface area contributed by atoms with Crippen LogP contribution in [-0.4, -0.2) is 40.1 Å². The highest BCUT2D eigenvalue weighted by atomic mass is 16.3. The zero-order chi connectivity index (χ0) is 16.4. The molecule has 0 spiro atoms. The number of oxazole rings is 1. The van der Waals surface area contributed by atoms with Gasteiger partial charge < -0.3 is 14.4 Å². The van der Waals surface area contributed by atoms with Gasteiger partial charge in [-0.2, -0.15) is 0 Å². The summed E-state index contributed by atoms with van der Waals surface area (Å²) >= 11 is 0. The average molecular weight is 314 g/mol. The first-order valence-electron chi connectivity index (χ1n) is 7.97. The van der Waals surface area contributed by atoms with Gasteiger partial charge in [-0.15, -0.1) is 0 Å². The molecular weight excluding hydrogens is 292 g/mol. The summed E-state index contributed by atoms with van der Waals surface area (Å²) in [6, 6.07) is 7.77. The number of hydrogen-bond acceptors (Lipinski definition) is 4. The maximum Gasteiger partial charge on any atom is 0.276 e. The minimum atomic E-state index is -0.766. The number of amides is 1. The normalized spacial score (nSPS) is 16.5. The van der Waals surface area contributed by atoms with Crippen LogP contribution in [-0.2, 0) is 0 Å². The third-order valence-corrected chi connectivity index (χ3v) is 4.50. The largest absolute Gasteiger partial charge is 0.443 e. The summed E-state index contributed by atoms with van der Waals surface area (Å²) in [7, 11) is 1.70. The predicted octanol–water partition coefficient (Wildman–Crippen LogP) is 3.03. The first-order valence-corrected chi connectivity index (χ1v) is 7.97. The van der Waals surface area contributed by atoms with E-state index in [9.17, 15) is 9.90 Å².